The maximum Gasteiger partial charge on any atom is 0.299 e. The molecule has 0 spiro atoms. The summed E-state index contributed by atoms with van der Waals surface area (Å²) in [5, 5.41) is 50.0. The van der Waals surface area contributed by atoms with Gasteiger partial charge in [0.05, 0.1) is 15.9 Å². The number of nitrogens with one attached hydrogen (secondary N) is 6. The summed E-state index contributed by atoms with van der Waals surface area (Å²) in [6, 6.07) is 11.6. The number of anilines is 1. The molecule has 3 aromatic rings. The van der Waals surface area contributed by atoms with Crippen molar-refractivity contribution >= 4 is 52.5 Å². The van der Waals surface area contributed by atoms with Gasteiger partial charge in [0.15, 0.2) is 0 Å². The van der Waals surface area contributed by atoms with E-state index in [9.17, 15) is 54.1 Å². The van der Waals surface area contributed by atoms with Crippen molar-refractivity contribution in [3.63, 3.8) is 0 Å². The molecule has 3 aromatic carbocycles. The number of amides is 6. The van der Waals surface area contributed by atoms with Gasteiger partial charge in [-0.3, -0.25) is 49.0 Å². The average molecular weight is 900 g/mol. The van der Waals surface area contributed by atoms with E-state index in [2.05, 4.69) is 31.9 Å². The van der Waals surface area contributed by atoms with E-state index in [4.69, 9.17) is 0 Å². The van der Waals surface area contributed by atoms with Crippen LogP contribution < -0.4 is 36.8 Å². The number of aromatic hydroxyl groups is 1. The van der Waals surface area contributed by atoms with E-state index in [1.54, 1.807) is 26.0 Å². The lowest BCUT2D eigenvalue weighted by Crippen LogP contribution is -2.61. The molecule has 2 aliphatic rings. The topological polar surface area (TPSA) is 284 Å². The Hall–Kier alpha value is -7.12. The Morgan fingerprint density at radius 1 is 0.800 bits per heavy atom. The van der Waals surface area contributed by atoms with Crippen LogP contribution in [0.1, 0.15) is 70.9 Å². The monoisotopic (exact) mass is 899 g/mol. The molecule has 2 heterocycles. The Kier molecular flexibility index (Phi) is 16.9. The fourth-order valence-electron chi connectivity index (χ4n) is 7.95. The first-order valence-electron chi connectivity index (χ1n) is 21.7. The number of phenolic OH excluding ortho intramolecular Hbond substituents is 1. The number of nitrogens with zero attached hydrogens (tertiary/aromatic N) is 3. The zero-order chi connectivity index (χ0) is 47.4. The van der Waals surface area contributed by atoms with Crippen LogP contribution in [0.15, 0.2) is 72.8 Å². The van der Waals surface area contributed by atoms with Gasteiger partial charge in [0, 0.05) is 32.0 Å². The number of nitro benzene ring substituents is 2. The maximum atomic E-state index is 14.3. The number of carbonyl (C=O) groups excluding carboxylic acids is 6. The Morgan fingerprint density at radius 2 is 1.49 bits per heavy atom. The van der Waals surface area contributed by atoms with E-state index in [0.717, 1.165) is 17.7 Å². The molecular formula is C45H57N9O11. The van der Waals surface area contributed by atoms with Gasteiger partial charge in [-0.1, -0.05) is 70.2 Å². The molecule has 2 fully saturated rings. The zero-order valence-electron chi connectivity index (χ0n) is 36.8. The molecule has 0 saturated carbocycles. The highest BCUT2D eigenvalue weighted by Gasteiger charge is 2.39. The third kappa shape index (κ3) is 13.4. The van der Waals surface area contributed by atoms with Crippen molar-refractivity contribution < 1.29 is 43.7 Å². The van der Waals surface area contributed by atoms with Gasteiger partial charge in [0.2, 0.25) is 35.4 Å². The highest BCUT2D eigenvalue weighted by molar-refractivity contribution is 5.97. The second-order valence-electron chi connectivity index (χ2n) is 17.1. The lowest BCUT2D eigenvalue weighted by Gasteiger charge is -2.30. The van der Waals surface area contributed by atoms with Crippen LogP contribution in [0.5, 0.6) is 5.75 Å². The Morgan fingerprint density at radius 3 is 2.14 bits per heavy atom. The lowest BCUT2D eigenvalue weighted by molar-refractivity contribution is -0.393. The minimum Gasteiger partial charge on any atom is -0.508 e. The van der Waals surface area contributed by atoms with E-state index in [1.807, 2.05) is 44.2 Å². The minimum atomic E-state index is -1.32. The number of rotatable bonds is 16. The summed E-state index contributed by atoms with van der Waals surface area (Å²) in [7, 11) is 0. The maximum absolute atomic E-state index is 14.3. The van der Waals surface area contributed by atoms with Crippen molar-refractivity contribution in [3.05, 3.63) is 104 Å². The molecule has 0 unspecified atom stereocenters. The van der Waals surface area contributed by atoms with Crippen LogP contribution in [-0.2, 0) is 41.6 Å². The second kappa shape index (κ2) is 22.5. The van der Waals surface area contributed by atoms with Crippen molar-refractivity contribution in [1.82, 2.24) is 31.9 Å². The highest BCUT2D eigenvalue weighted by atomic mass is 16.6. The number of benzene rings is 3. The third-order valence-electron chi connectivity index (χ3n) is 11.3. The average Bonchev–Trinajstić information content (AvgIpc) is 3.76. The van der Waals surface area contributed by atoms with Gasteiger partial charge < -0.3 is 41.9 Å². The Bertz CT molecular complexity index is 2220. The van der Waals surface area contributed by atoms with Crippen LogP contribution in [0.4, 0.5) is 17.1 Å². The highest BCUT2D eigenvalue weighted by Crippen LogP contribution is 2.36. The fourth-order valence-corrected chi connectivity index (χ4v) is 7.95. The number of non-ortho nitro benzene ring substituents is 1. The molecule has 0 aliphatic carbocycles. The molecule has 20 nitrogen and oxygen atoms in total. The van der Waals surface area contributed by atoms with Gasteiger partial charge in [-0.25, -0.2) is 0 Å². The van der Waals surface area contributed by atoms with Crippen molar-refractivity contribution in [3.8, 4) is 5.75 Å². The van der Waals surface area contributed by atoms with Gasteiger partial charge in [0.1, 0.15) is 47.7 Å². The Labute approximate surface area is 376 Å². The SMILES string of the molecule is CC(C)C[C@@H]1NC(=O)[C@@H](NC(=O)[C@@H](NC(=O)[C@@H](Cc2ccc(O)cc2)NC(=O)[C@@H]2CCCN2c2ccc([N+](=O)[O-])cc2[N+](=O)[O-])C(C)C)CCCNC(=O)[C@@H](Cc2ccccc2)NC1=O. The van der Waals surface area contributed by atoms with Crippen molar-refractivity contribution in [2.75, 3.05) is 18.0 Å². The van der Waals surface area contributed by atoms with Crippen LogP contribution in [-0.4, -0.2) is 99.7 Å². The molecule has 0 aromatic heterocycles. The molecule has 348 valence electrons. The van der Waals surface area contributed by atoms with Crippen LogP contribution in [0.2, 0.25) is 0 Å². The fraction of sp³-hybridized carbons (Fsp3) is 0.467. The second-order valence-corrected chi connectivity index (χ2v) is 17.1. The van der Waals surface area contributed by atoms with Gasteiger partial charge in [-0.05, 0) is 73.3 Å². The van der Waals surface area contributed by atoms with Crippen LogP contribution in [0, 0.1) is 32.1 Å². The molecule has 0 bridgehead atoms. The standard InChI is InChI=1S/C45H57N9O11/c1-26(2)22-33-42(58)49-34(23-28-10-6-5-7-11-28)40(56)46-20-8-12-32(41(57)48-33)47-45(61)39(27(3)4)51-43(59)35(24-29-14-17-31(55)18-15-29)50-44(60)37-13-9-21-52(37)36-19-16-30(53(62)63)25-38(36)54(64)65/h5-7,10-11,14-19,25-27,32-35,37,39,55H,8-9,12-13,20-24H2,1-4H3,(H,46,56)(H,47,61)(H,48,57)(H,49,58)(H,50,60)(H,51,59)/t32-,33-,34+,35+,37-,39-/m0/s1. The van der Waals surface area contributed by atoms with Crippen LogP contribution >= 0.6 is 0 Å². The van der Waals surface area contributed by atoms with Crippen LogP contribution in [0.3, 0.4) is 0 Å². The summed E-state index contributed by atoms with van der Waals surface area (Å²) in [5.74, 6) is -4.38. The summed E-state index contributed by atoms with van der Waals surface area (Å²) in [5.41, 5.74) is 0.309. The zero-order valence-corrected chi connectivity index (χ0v) is 36.8. The van der Waals surface area contributed by atoms with Gasteiger partial charge in [-0.2, -0.15) is 0 Å². The van der Waals surface area contributed by atoms with E-state index in [0.29, 0.717) is 12.0 Å². The van der Waals surface area contributed by atoms with Crippen molar-refractivity contribution in [1.29, 1.82) is 0 Å². The Balaban J connectivity index is 1.34. The summed E-state index contributed by atoms with van der Waals surface area (Å²) < 4.78 is 0. The molecule has 2 aliphatic heterocycles. The predicted molar refractivity (Wildman–Crippen MR) is 238 cm³/mol. The molecule has 6 amide bonds. The molecule has 5 rings (SSSR count). The summed E-state index contributed by atoms with van der Waals surface area (Å²) in [4.78, 5) is 107. The third-order valence-corrected chi connectivity index (χ3v) is 11.3. The van der Waals surface area contributed by atoms with Gasteiger partial charge >= 0.3 is 0 Å². The number of carbonyl (C=O) groups is 6. The molecule has 7 N–H and O–H groups in total. The first-order chi connectivity index (χ1) is 30.9. The normalized spacial score (nSPS) is 20.3. The first-order valence-corrected chi connectivity index (χ1v) is 21.7. The number of hydrogen-bond donors (Lipinski definition) is 7. The quantitative estimate of drug-likeness (QED) is 0.0808. The summed E-state index contributed by atoms with van der Waals surface area (Å²) >= 11 is 0. The molecule has 20 heteroatoms. The molecule has 65 heavy (non-hydrogen) atoms. The smallest absolute Gasteiger partial charge is 0.299 e. The van der Waals surface area contributed by atoms with Gasteiger partial charge in [0.25, 0.3) is 11.4 Å². The van der Waals surface area contributed by atoms with Crippen LogP contribution in [0.25, 0.3) is 0 Å². The summed E-state index contributed by atoms with van der Waals surface area (Å²) in [6.07, 6.45) is 1.39. The largest absolute Gasteiger partial charge is 0.508 e. The van der Waals surface area contributed by atoms with E-state index >= 15 is 0 Å². The number of nitro groups is 2. The lowest BCUT2D eigenvalue weighted by atomic mass is 9.98. The van der Waals surface area contributed by atoms with Gasteiger partial charge in [-0.15, -0.1) is 0 Å². The molecular weight excluding hydrogens is 843 g/mol. The first kappa shape index (κ1) is 48.9. The van der Waals surface area contributed by atoms with Crippen molar-refractivity contribution in [2.45, 2.75) is 109 Å². The van der Waals surface area contributed by atoms with E-state index < -0.39 is 98.8 Å². The van der Waals surface area contributed by atoms with E-state index in [1.165, 1.54) is 23.1 Å². The number of phenols is 1. The number of hydrogen-bond acceptors (Lipinski definition) is 12. The molecule has 6 atom stereocenters. The minimum absolute atomic E-state index is 0.00382. The summed E-state index contributed by atoms with van der Waals surface area (Å²) in [6.45, 7) is 7.46. The predicted octanol–water partition coefficient (Wildman–Crippen LogP) is 2.70. The van der Waals surface area contributed by atoms with E-state index in [-0.39, 0.29) is 69.0 Å². The molecule has 2 saturated heterocycles. The van der Waals surface area contributed by atoms with Crippen molar-refractivity contribution in [2.24, 2.45) is 11.8 Å². The molecule has 0 radical (unpaired) electrons.